The summed E-state index contributed by atoms with van der Waals surface area (Å²) in [7, 11) is 3.25. The van der Waals surface area contributed by atoms with Crippen molar-refractivity contribution in [3.05, 3.63) is 28.0 Å². The number of rotatable bonds is 5. The lowest BCUT2D eigenvalue weighted by molar-refractivity contribution is 0.352. The first-order valence-electron chi connectivity index (χ1n) is 6.83. The van der Waals surface area contributed by atoms with E-state index in [4.69, 9.17) is 9.47 Å². The van der Waals surface area contributed by atoms with Gasteiger partial charge in [-0.25, -0.2) is 4.98 Å². The maximum Gasteiger partial charge on any atom is 0.202 e. The van der Waals surface area contributed by atoms with Gasteiger partial charge in [-0.15, -0.1) is 0 Å². The minimum atomic E-state index is -0.0389. The molecule has 1 aromatic heterocycles. The zero-order valence-corrected chi connectivity index (χ0v) is 15.8. The SMILES string of the molecule is COc1cc(CNc2nc(C(C)(C)C)ns2)cc(Br)c1OC. The third-order valence-corrected chi connectivity index (χ3v) is 4.30. The fraction of sp³-hybridized carbons (Fsp3) is 0.467. The Labute approximate surface area is 143 Å². The van der Waals surface area contributed by atoms with E-state index in [0.29, 0.717) is 18.0 Å². The molecule has 0 fully saturated rings. The highest BCUT2D eigenvalue weighted by Crippen LogP contribution is 2.36. The van der Waals surface area contributed by atoms with Gasteiger partial charge in [0.25, 0.3) is 0 Å². The van der Waals surface area contributed by atoms with Crippen molar-refractivity contribution < 1.29 is 9.47 Å². The highest BCUT2D eigenvalue weighted by atomic mass is 79.9. The number of benzene rings is 1. The van der Waals surface area contributed by atoms with Crippen LogP contribution in [0.3, 0.4) is 0 Å². The Bertz CT molecular complexity index is 653. The number of hydrogen-bond donors (Lipinski definition) is 1. The first-order valence-corrected chi connectivity index (χ1v) is 8.40. The summed E-state index contributed by atoms with van der Waals surface area (Å²) < 4.78 is 15.9. The molecule has 0 unspecified atom stereocenters. The van der Waals surface area contributed by atoms with E-state index in [0.717, 1.165) is 21.0 Å². The van der Waals surface area contributed by atoms with Crippen LogP contribution in [0.4, 0.5) is 5.13 Å². The normalized spacial score (nSPS) is 11.4. The summed E-state index contributed by atoms with van der Waals surface area (Å²) in [5, 5.41) is 4.11. The molecule has 0 radical (unpaired) electrons. The first kappa shape index (κ1) is 17.0. The predicted octanol–water partition coefficient (Wildman–Crippen LogP) is 4.23. The van der Waals surface area contributed by atoms with Crippen LogP contribution in [0.5, 0.6) is 11.5 Å². The number of anilines is 1. The van der Waals surface area contributed by atoms with Gasteiger partial charge in [0.15, 0.2) is 11.5 Å². The number of aromatic nitrogens is 2. The van der Waals surface area contributed by atoms with Crippen molar-refractivity contribution in [2.45, 2.75) is 32.7 Å². The Morgan fingerprint density at radius 1 is 1.23 bits per heavy atom. The van der Waals surface area contributed by atoms with E-state index in [1.807, 2.05) is 12.1 Å². The summed E-state index contributed by atoms with van der Waals surface area (Å²) in [5.41, 5.74) is 1.03. The van der Waals surface area contributed by atoms with E-state index in [1.54, 1.807) is 14.2 Å². The van der Waals surface area contributed by atoms with Gasteiger partial charge in [-0.1, -0.05) is 20.8 Å². The lowest BCUT2D eigenvalue weighted by Crippen LogP contribution is -2.13. The third-order valence-electron chi connectivity index (χ3n) is 3.03. The topological polar surface area (TPSA) is 56.3 Å². The number of halogens is 1. The molecular weight excluding hydrogens is 366 g/mol. The van der Waals surface area contributed by atoms with Crippen LogP contribution in [0.1, 0.15) is 32.2 Å². The van der Waals surface area contributed by atoms with E-state index in [2.05, 4.69) is 51.4 Å². The average molecular weight is 386 g/mol. The largest absolute Gasteiger partial charge is 0.493 e. The van der Waals surface area contributed by atoms with Gasteiger partial charge >= 0.3 is 0 Å². The Hall–Kier alpha value is -1.34. The molecule has 22 heavy (non-hydrogen) atoms. The maximum absolute atomic E-state index is 5.35. The van der Waals surface area contributed by atoms with Gasteiger partial charge in [0.2, 0.25) is 5.13 Å². The highest BCUT2D eigenvalue weighted by molar-refractivity contribution is 9.10. The molecule has 7 heteroatoms. The van der Waals surface area contributed by atoms with Gasteiger partial charge in [0.05, 0.1) is 18.7 Å². The fourth-order valence-electron chi connectivity index (χ4n) is 1.85. The molecule has 0 saturated heterocycles. The lowest BCUT2D eigenvalue weighted by Gasteiger charge is -2.13. The zero-order chi connectivity index (χ0) is 16.3. The molecule has 1 heterocycles. The van der Waals surface area contributed by atoms with Crippen LogP contribution in [0, 0.1) is 0 Å². The van der Waals surface area contributed by atoms with Crippen LogP contribution in [0.25, 0.3) is 0 Å². The van der Waals surface area contributed by atoms with E-state index in [9.17, 15) is 0 Å². The molecule has 1 N–H and O–H groups in total. The van der Waals surface area contributed by atoms with E-state index in [1.165, 1.54) is 11.5 Å². The second-order valence-corrected chi connectivity index (χ2v) is 7.45. The van der Waals surface area contributed by atoms with E-state index in [-0.39, 0.29) is 5.41 Å². The molecule has 0 aliphatic rings. The van der Waals surface area contributed by atoms with Crippen LogP contribution in [-0.4, -0.2) is 23.6 Å². The molecule has 0 saturated carbocycles. The lowest BCUT2D eigenvalue weighted by atomic mass is 9.96. The van der Waals surface area contributed by atoms with Crippen molar-refractivity contribution in [3.8, 4) is 11.5 Å². The number of nitrogens with zero attached hydrogens (tertiary/aromatic N) is 2. The van der Waals surface area contributed by atoms with Gasteiger partial charge in [0.1, 0.15) is 5.82 Å². The molecular formula is C15H20BrN3O2S. The van der Waals surface area contributed by atoms with Gasteiger partial charge in [-0.05, 0) is 33.6 Å². The molecule has 0 amide bonds. The second-order valence-electron chi connectivity index (χ2n) is 5.84. The third kappa shape index (κ3) is 3.89. The van der Waals surface area contributed by atoms with Crippen LogP contribution in [0.15, 0.2) is 16.6 Å². The van der Waals surface area contributed by atoms with Gasteiger partial charge in [0, 0.05) is 23.5 Å². The Morgan fingerprint density at radius 2 is 1.95 bits per heavy atom. The molecule has 0 aliphatic heterocycles. The number of nitrogens with one attached hydrogen (secondary N) is 1. The summed E-state index contributed by atoms with van der Waals surface area (Å²) in [6.07, 6.45) is 0. The monoisotopic (exact) mass is 385 g/mol. The van der Waals surface area contributed by atoms with Gasteiger partial charge in [-0.3, -0.25) is 0 Å². The first-order chi connectivity index (χ1) is 10.3. The highest BCUT2D eigenvalue weighted by Gasteiger charge is 2.19. The predicted molar refractivity (Wildman–Crippen MR) is 93.2 cm³/mol. The van der Waals surface area contributed by atoms with E-state index < -0.39 is 0 Å². The Morgan fingerprint density at radius 3 is 2.50 bits per heavy atom. The fourth-order valence-corrected chi connectivity index (χ4v) is 3.25. The summed E-state index contributed by atoms with van der Waals surface area (Å²) in [4.78, 5) is 4.52. The standard InChI is InChI=1S/C15H20BrN3O2S/c1-15(2,3)13-18-14(22-19-13)17-8-9-6-10(16)12(21-5)11(7-9)20-4/h6-7H,8H2,1-5H3,(H,17,18,19). The quantitative estimate of drug-likeness (QED) is 0.834. The van der Waals surface area contributed by atoms with Crippen molar-refractivity contribution in [1.29, 1.82) is 0 Å². The minimum absolute atomic E-state index is 0.0389. The summed E-state index contributed by atoms with van der Waals surface area (Å²) in [6.45, 7) is 6.94. The van der Waals surface area contributed by atoms with E-state index >= 15 is 0 Å². The van der Waals surface area contributed by atoms with Crippen molar-refractivity contribution in [3.63, 3.8) is 0 Å². The smallest absolute Gasteiger partial charge is 0.202 e. The summed E-state index contributed by atoms with van der Waals surface area (Å²) >= 11 is 4.87. The Balaban J connectivity index is 2.12. The molecule has 0 aliphatic carbocycles. The second kappa shape index (κ2) is 6.83. The number of hydrogen-bond acceptors (Lipinski definition) is 6. The van der Waals surface area contributed by atoms with Crippen molar-refractivity contribution in [2.24, 2.45) is 0 Å². The van der Waals surface area contributed by atoms with Crippen LogP contribution in [-0.2, 0) is 12.0 Å². The van der Waals surface area contributed by atoms with Crippen molar-refractivity contribution in [1.82, 2.24) is 9.36 Å². The number of ether oxygens (including phenoxy) is 2. The molecule has 2 aromatic rings. The van der Waals surface area contributed by atoms with Crippen molar-refractivity contribution >= 4 is 32.6 Å². The number of methoxy groups -OCH3 is 2. The summed E-state index contributed by atoms with van der Waals surface area (Å²) in [6, 6.07) is 3.95. The molecule has 2 rings (SSSR count). The Kier molecular flexibility index (Phi) is 5.28. The summed E-state index contributed by atoms with van der Waals surface area (Å²) in [5.74, 6) is 2.24. The maximum atomic E-state index is 5.35. The molecule has 0 spiro atoms. The van der Waals surface area contributed by atoms with Gasteiger partial charge < -0.3 is 14.8 Å². The molecule has 1 aromatic carbocycles. The van der Waals surface area contributed by atoms with Crippen LogP contribution in [0.2, 0.25) is 0 Å². The average Bonchev–Trinajstić information content (AvgIpc) is 2.93. The van der Waals surface area contributed by atoms with Crippen LogP contribution >= 0.6 is 27.5 Å². The molecule has 0 atom stereocenters. The molecule has 5 nitrogen and oxygen atoms in total. The zero-order valence-electron chi connectivity index (χ0n) is 13.4. The molecule has 0 bridgehead atoms. The van der Waals surface area contributed by atoms with Crippen LogP contribution < -0.4 is 14.8 Å². The minimum Gasteiger partial charge on any atom is -0.493 e. The van der Waals surface area contributed by atoms with Crippen molar-refractivity contribution in [2.75, 3.05) is 19.5 Å². The molecule has 120 valence electrons. The van der Waals surface area contributed by atoms with Gasteiger partial charge in [-0.2, -0.15) is 4.37 Å².